The van der Waals surface area contributed by atoms with Crippen LogP contribution in [0.5, 0.6) is 11.5 Å². The van der Waals surface area contributed by atoms with Gasteiger partial charge in [0.2, 0.25) is 0 Å². The van der Waals surface area contributed by atoms with Crippen molar-refractivity contribution >= 4 is 46.0 Å². The Morgan fingerprint density at radius 1 is 0.938 bits per heavy atom. The number of anilines is 1. The van der Waals surface area contributed by atoms with E-state index in [4.69, 9.17) is 14.5 Å². The molecule has 2 aliphatic heterocycles. The summed E-state index contributed by atoms with van der Waals surface area (Å²) in [5, 5.41) is 1.69. The van der Waals surface area contributed by atoms with Gasteiger partial charge in [-0.25, -0.2) is 4.99 Å². The number of hydrogen-bond donors (Lipinski definition) is 0. The van der Waals surface area contributed by atoms with Gasteiger partial charge in [0, 0.05) is 24.1 Å². The summed E-state index contributed by atoms with van der Waals surface area (Å²) in [6, 6.07) is 13.6. The van der Waals surface area contributed by atoms with E-state index in [0.29, 0.717) is 6.54 Å². The van der Waals surface area contributed by atoms with Crippen LogP contribution in [-0.2, 0) is 4.79 Å². The van der Waals surface area contributed by atoms with Crippen molar-refractivity contribution in [3.8, 4) is 11.5 Å². The first-order valence-electron chi connectivity index (χ1n) is 10.7. The molecule has 0 aromatic heterocycles. The number of carbonyl (C=O) groups is 1. The molecular weight excluding hydrogens is 442 g/mol. The number of amidine groups is 1. The van der Waals surface area contributed by atoms with E-state index in [1.165, 1.54) is 11.8 Å². The third-order valence-corrected chi connectivity index (χ3v) is 7.69. The summed E-state index contributed by atoms with van der Waals surface area (Å²) in [6.45, 7) is 5.65. The highest BCUT2D eigenvalue weighted by atomic mass is 32.2. The molecule has 0 atom stereocenters. The van der Waals surface area contributed by atoms with E-state index in [0.717, 1.165) is 62.3 Å². The maximum atomic E-state index is 13.5. The highest BCUT2D eigenvalue weighted by Crippen LogP contribution is 2.51. The lowest BCUT2D eigenvalue weighted by molar-refractivity contribution is -0.122. The van der Waals surface area contributed by atoms with Gasteiger partial charge < -0.3 is 14.4 Å². The number of benzene rings is 2. The summed E-state index contributed by atoms with van der Waals surface area (Å²) in [5.74, 6) is 1.62. The molecule has 0 saturated carbocycles. The van der Waals surface area contributed by atoms with Crippen molar-refractivity contribution in [1.29, 1.82) is 0 Å². The zero-order valence-corrected chi connectivity index (χ0v) is 20.4. The van der Waals surface area contributed by atoms with Crippen molar-refractivity contribution in [2.24, 2.45) is 4.99 Å². The number of thioether (sulfide) groups is 2. The van der Waals surface area contributed by atoms with Crippen molar-refractivity contribution in [2.45, 2.75) is 31.6 Å². The monoisotopic (exact) mass is 469 g/mol. The molecule has 0 N–H and O–H groups in total. The lowest BCUT2D eigenvalue weighted by Gasteiger charge is -2.19. The molecule has 1 saturated heterocycles. The van der Waals surface area contributed by atoms with Gasteiger partial charge in [0.1, 0.15) is 21.4 Å². The zero-order chi connectivity index (χ0) is 22.7. The molecule has 0 spiro atoms. The maximum absolute atomic E-state index is 13.5. The van der Waals surface area contributed by atoms with Gasteiger partial charge in [0.05, 0.1) is 25.6 Å². The maximum Gasteiger partial charge on any atom is 0.269 e. The number of methoxy groups -OCH3 is 2. The lowest BCUT2D eigenvalue weighted by atomic mass is 10.2. The molecule has 168 valence electrons. The minimum atomic E-state index is 0.0245. The molecule has 0 aliphatic carbocycles. The van der Waals surface area contributed by atoms with Crippen molar-refractivity contribution in [1.82, 2.24) is 4.90 Å². The molecule has 32 heavy (non-hydrogen) atoms. The molecule has 0 unspecified atom stereocenters. The fourth-order valence-electron chi connectivity index (χ4n) is 3.57. The highest BCUT2D eigenvalue weighted by molar-refractivity contribution is 8.19. The second kappa shape index (κ2) is 9.92. The Hall–Kier alpha value is -2.58. The third-order valence-electron chi connectivity index (χ3n) is 5.32. The van der Waals surface area contributed by atoms with Crippen LogP contribution < -0.4 is 14.4 Å². The topological polar surface area (TPSA) is 54.4 Å². The molecule has 8 heteroatoms. The Morgan fingerprint density at radius 2 is 1.66 bits per heavy atom. The van der Waals surface area contributed by atoms with Crippen LogP contribution in [-0.4, -0.2) is 43.3 Å². The minimum absolute atomic E-state index is 0.0245. The van der Waals surface area contributed by atoms with Crippen LogP contribution >= 0.6 is 23.5 Å². The molecular formula is C24H27N3O3S2. The lowest BCUT2D eigenvalue weighted by Crippen LogP contribution is -2.30. The van der Waals surface area contributed by atoms with Crippen molar-refractivity contribution in [3.05, 3.63) is 52.4 Å². The predicted molar refractivity (Wildman–Crippen MR) is 133 cm³/mol. The number of ether oxygens (including phenoxy) is 2. The van der Waals surface area contributed by atoms with Gasteiger partial charge >= 0.3 is 0 Å². The molecule has 2 aliphatic rings. The van der Waals surface area contributed by atoms with E-state index in [2.05, 4.69) is 24.8 Å². The number of nitrogens with zero attached hydrogens (tertiary/aromatic N) is 3. The zero-order valence-electron chi connectivity index (χ0n) is 18.8. The Kier molecular flexibility index (Phi) is 7.01. The molecule has 6 nitrogen and oxygen atoms in total. The second-order valence-corrected chi connectivity index (χ2v) is 9.33. The Morgan fingerprint density at radius 3 is 2.31 bits per heavy atom. The van der Waals surface area contributed by atoms with Crippen LogP contribution in [0.25, 0.3) is 0 Å². The average Bonchev–Trinajstić information content (AvgIpc) is 3.34. The summed E-state index contributed by atoms with van der Waals surface area (Å²) in [5.41, 5.74) is 1.88. The minimum Gasteiger partial charge on any atom is -0.497 e. The molecule has 1 amide bonds. The van der Waals surface area contributed by atoms with E-state index in [-0.39, 0.29) is 5.91 Å². The van der Waals surface area contributed by atoms with Crippen LogP contribution in [0.4, 0.5) is 11.4 Å². The Labute approximate surface area is 197 Å². The van der Waals surface area contributed by atoms with Gasteiger partial charge in [0.25, 0.3) is 5.91 Å². The first kappa shape index (κ1) is 22.6. The van der Waals surface area contributed by atoms with Gasteiger partial charge in [-0.3, -0.25) is 9.69 Å². The number of hydrogen-bond acceptors (Lipinski definition) is 7. The summed E-state index contributed by atoms with van der Waals surface area (Å²) in [4.78, 5) is 24.2. The first-order valence-corrected chi connectivity index (χ1v) is 12.3. The molecule has 2 aromatic carbocycles. The predicted octanol–water partition coefficient (Wildman–Crippen LogP) is 5.87. The molecule has 2 aromatic rings. The van der Waals surface area contributed by atoms with Gasteiger partial charge in [-0.1, -0.05) is 25.1 Å². The van der Waals surface area contributed by atoms with Crippen LogP contribution in [0.1, 0.15) is 26.7 Å². The summed E-state index contributed by atoms with van der Waals surface area (Å²) in [6.07, 6.45) is 1.94. The SMILES string of the molecule is CCCCN1C(=O)/C(=C2/Sc3ccc(OC)cc3N2CC)SC1=Nc1ccc(OC)cc1. The number of carbonyl (C=O) groups excluding carboxylic acids is 1. The van der Waals surface area contributed by atoms with E-state index >= 15 is 0 Å². The number of rotatable bonds is 7. The fraction of sp³-hybridized carbons (Fsp3) is 0.333. The molecule has 2 heterocycles. The molecule has 1 fully saturated rings. The second-order valence-electron chi connectivity index (χ2n) is 7.32. The Bertz CT molecular complexity index is 1070. The quantitative estimate of drug-likeness (QED) is 0.473. The van der Waals surface area contributed by atoms with E-state index < -0.39 is 0 Å². The number of fused-ring (bicyclic) bond motifs is 1. The standard InChI is InChI=1S/C24H27N3O3S2/c1-5-7-14-27-22(28)21(32-24(27)25-16-8-10-17(29-3)11-9-16)23-26(6-2)19-15-18(30-4)12-13-20(19)31-23/h8-13,15H,5-7,14H2,1-4H3/b23-21-,25-24?. The van der Waals surface area contributed by atoms with Crippen molar-refractivity contribution in [2.75, 3.05) is 32.2 Å². The van der Waals surface area contributed by atoms with Gasteiger partial charge in [-0.05, 0) is 61.5 Å². The van der Waals surface area contributed by atoms with Crippen LogP contribution in [0.3, 0.4) is 0 Å². The number of amides is 1. The highest BCUT2D eigenvalue weighted by Gasteiger charge is 2.39. The molecule has 0 bridgehead atoms. The van der Waals surface area contributed by atoms with Crippen molar-refractivity contribution < 1.29 is 14.3 Å². The van der Waals surface area contributed by atoms with E-state index in [1.807, 2.05) is 41.3 Å². The summed E-state index contributed by atoms with van der Waals surface area (Å²) < 4.78 is 10.7. The summed E-state index contributed by atoms with van der Waals surface area (Å²) >= 11 is 3.10. The van der Waals surface area contributed by atoms with E-state index in [9.17, 15) is 4.79 Å². The van der Waals surface area contributed by atoms with Crippen LogP contribution in [0, 0.1) is 0 Å². The largest absolute Gasteiger partial charge is 0.497 e. The normalized spacial score (nSPS) is 19.1. The average molecular weight is 470 g/mol. The first-order chi connectivity index (χ1) is 15.6. The third kappa shape index (κ3) is 4.34. The van der Waals surface area contributed by atoms with Gasteiger partial charge in [-0.15, -0.1) is 0 Å². The van der Waals surface area contributed by atoms with Crippen LogP contribution in [0.15, 0.2) is 62.3 Å². The fourth-order valence-corrected chi connectivity index (χ4v) is 5.97. The van der Waals surface area contributed by atoms with Crippen molar-refractivity contribution in [3.63, 3.8) is 0 Å². The van der Waals surface area contributed by atoms with Crippen LogP contribution in [0.2, 0.25) is 0 Å². The summed E-state index contributed by atoms with van der Waals surface area (Å²) in [7, 11) is 3.31. The van der Waals surface area contributed by atoms with Gasteiger partial charge in [-0.2, -0.15) is 0 Å². The number of aliphatic imine (C=N–C) groups is 1. The Balaban J connectivity index is 1.72. The number of unbranched alkanes of at least 4 members (excludes halogenated alkanes) is 1. The smallest absolute Gasteiger partial charge is 0.269 e. The molecule has 0 radical (unpaired) electrons. The van der Waals surface area contributed by atoms with Gasteiger partial charge in [0.15, 0.2) is 5.17 Å². The van der Waals surface area contributed by atoms with E-state index in [1.54, 1.807) is 26.0 Å². The molecule has 4 rings (SSSR count).